The van der Waals surface area contributed by atoms with Gasteiger partial charge in [0.2, 0.25) is 0 Å². The fourth-order valence-electron chi connectivity index (χ4n) is 1.35. The number of hydrogen-bond acceptors (Lipinski definition) is 3. The molecular weight excluding hydrogens is 224 g/mol. The number of ketones is 1. The molecule has 1 heterocycles. The molecule has 2 rings (SSSR count). The van der Waals surface area contributed by atoms with Gasteiger partial charge in [0.25, 0.3) is 0 Å². The molecule has 80 valence electrons. The summed E-state index contributed by atoms with van der Waals surface area (Å²) in [6, 6.07) is 9.53. The fraction of sp³-hybridized carbons (Fsp3) is 0.0833. The van der Waals surface area contributed by atoms with E-state index in [0.29, 0.717) is 5.69 Å². The monoisotopic (exact) mass is 232 g/mol. The van der Waals surface area contributed by atoms with Gasteiger partial charge in [-0.15, -0.1) is 0 Å². The van der Waals surface area contributed by atoms with Crippen molar-refractivity contribution in [3.63, 3.8) is 0 Å². The SMILES string of the molecule is CC(=O)c1nc(-c2ccccc2)cnc1Cl. The minimum atomic E-state index is -0.185. The largest absolute Gasteiger partial charge is 0.293 e. The zero-order chi connectivity index (χ0) is 11.5. The minimum absolute atomic E-state index is 0.146. The normalized spacial score (nSPS) is 10.1. The van der Waals surface area contributed by atoms with Crippen molar-refractivity contribution in [2.45, 2.75) is 6.92 Å². The van der Waals surface area contributed by atoms with E-state index in [-0.39, 0.29) is 16.6 Å². The van der Waals surface area contributed by atoms with E-state index < -0.39 is 0 Å². The molecule has 0 N–H and O–H groups in total. The van der Waals surface area contributed by atoms with Gasteiger partial charge in [-0.1, -0.05) is 41.9 Å². The van der Waals surface area contributed by atoms with Crippen molar-refractivity contribution >= 4 is 17.4 Å². The van der Waals surface area contributed by atoms with Crippen molar-refractivity contribution in [1.82, 2.24) is 9.97 Å². The van der Waals surface area contributed by atoms with Gasteiger partial charge in [-0.3, -0.25) is 4.79 Å². The first-order valence-electron chi connectivity index (χ1n) is 4.77. The van der Waals surface area contributed by atoms with Crippen molar-refractivity contribution in [3.8, 4) is 11.3 Å². The fourth-order valence-corrected chi connectivity index (χ4v) is 1.57. The molecule has 0 saturated heterocycles. The van der Waals surface area contributed by atoms with Crippen molar-refractivity contribution in [1.29, 1.82) is 0 Å². The quantitative estimate of drug-likeness (QED) is 0.748. The first-order chi connectivity index (χ1) is 7.68. The van der Waals surface area contributed by atoms with E-state index in [0.717, 1.165) is 5.56 Å². The lowest BCUT2D eigenvalue weighted by atomic mass is 10.1. The van der Waals surface area contributed by atoms with Gasteiger partial charge in [0, 0.05) is 12.5 Å². The summed E-state index contributed by atoms with van der Waals surface area (Å²) >= 11 is 5.78. The highest BCUT2D eigenvalue weighted by atomic mass is 35.5. The number of Topliss-reactive ketones (excluding diaryl/α,β-unsaturated/α-hetero) is 1. The molecule has 0 fully saturated rings. The van der Waals surface area contributed by atoms with Gasteiger partial charge < -0.3 is 0 Å². The first kappa shape index (κ1) is 10.8. The summed E-state index contributed by atoms with van der Waals surface area (Å²) in [5.74, 6) is -0.185. The first-order valence-corrected chi connectivity index (χ1v) is 5.15. The predicted molar refractivity (Wildman–Crippen MR) is 62.5 cm³/mol. The van der Waals surface area contributed by atoms with Gasteiger partial charge in [0.05, 0.1) is 11.9 Å². The average molecular weight is 233 g/mol. The Morgan fingerprint density at radius 3 is 2.56 bits per heavy atom. The van der Waals surface area contributed by atoms with Crippen LogP contribution in [0.4, 0.5) is 0 Å². The second-order valence-electron chi connectivity index (χ2n) is 3.32. The smallest absolute Gasteiger partial charge is 0.181 e. The third kappa shape index (κ3) is 2.09. The van der Waals surface area contributed by atoms with Gasteiger partial charge in [-0.2, -0.15) is 0 Å². The molecule has 0 aliphatic heterocycles. The van der Waals surface area contributed by atoms with Crippen LogP contribution in [0, 0.1) is 0 Å². The summed E-state index contributed by atoms with van der Waals surface area (Å²) in [4.78, 5) is 19.4. The van der Waals surface area contributed by atoms with E-state index in [1.54, 1.807) is 6.20 Å². The Morgan fingerprint density at radius 2 is 1.94 bits per heavy atom. The Kier molecular flexibility index (Phi) is 2.97. The van der Waals surface area contributed by atoms with Gasteiger partial charge >= 0.3 is 0 Å². The topological polar surface area (TPSA) is 42.9 Å². The maximum Gasteiger partial charge on any atom is 0.181 e. The Balaban J connectivity index is 2.52. The molecule has 0 unspecified atom stereocenters. The summed E-state index contributed by atoms with van der Waals surface area (Å²) < 4.78 is 0. The van der Waals surface area contributed by atoms with E-state index in [2.05, 4.69) is 9.97 Å². The minimum Gasteiger partial charge on any atom is -0.293 e. The van der Waals surface area contributed by atoms with Crippen molar-refractivity contribution < 1.29 is 4.79 Å². The molecule has 0 amide bonds. The third-order valence-corrected chi connectivity index (χ3v) is 2.41. The lowest BCUT2D eigenvalue weighted by Crippen LogP contribution is -2.01. The second-order valence-corrected chi connectivity index (χ2v) is 3.67. The van der Waals surface area contributed by atoms with Gasteiger partial charge in [-0.25, -0.2) is 9.97 Å². The van der Waals surface area contributed by atoms with Crippen LogP contribution in [0.3, 0.4) is 0 Å². The number of hydrogen-bond donors (Lipinski definition) is 0. The zero-order valence-corrected chi connectivity index (χ0v) is 9.40. The van der Waals surface area contributed by atoms with Gasteiger partial charge in [0.1, 0.15) is 5.69 Å². The van der Waals surface area contributed by atoms with E-state index in [9.17, 15) is 4.79 Å². The Bertz CT molecular complexity index is 526. The van der Waals surface area contributed by atoms with Crippen LogP contribution in [0.5, 0.6) is 0 Å². The molecule has 0 saturated carbocycles. The molecule has 1 aromatic carbocycles. The van der Waals surface area contributed by atoms with Crippen LogP contribution >= 0.6 is 11.6 Å². The van der Waals surface area contributed by atoms with Crippen LogP contribution in [-0.4, -0.2) is 15.8 Å². The van der Waals surface area contributed by atoms with Crippen LogP contribution < -0.4 is 0 Å². The summed E-state index contributed by atoms with van der Waals surface area (Å²) in [6.07, 6.45) is 1.56. The summed E-state index contributed by atoms with van der Waals surface area (Å²) in [6.45, 7) is 1.42. The molecule has 2 aromatic rings. The standard InChI is InChI=1S/C12H9ClN2O/c1-8(16)11-12(13)14-7-10(15-11)9-5-3-2-4-6-9/h2-7H,1H3. The molecule has 16 heavy (non-hydrogen) atoms. The van der Waals surface area contributed by atoms with E-state index in [1.807, 2.05) is 30.3 Å². The number of benzene rings is 1. The molecule has 0 aliphatic carbocycles. The number of rotatable bonds is 2. The highest BCUT2D eigenvalue weighted by Crippen LogP contribution is 2.19. The van der Waals surface area contributed by atoms with Crippen molar-refractivity contribution in [2.75, 3.05) is 0 Å². The lowest BCUT2D eigenvalue weighted by Gasteiger charge is -2.03. The van der Waals surface area contributed by atoms with E-state index in [1.165, 1.54) is 6.92 Å². The molecule has 0 bridgehead atoms. The number of carbonyl (C=O) groups is 1. The molecule has 1 aromatic heterocycles. The third-order valence-electron chi connectivity index (χ3n) is 2.13. The molecule has 0 aliphatic rings. The van der Waals surface area contributed by atoms with Crippen LogP contribution in [0.1, 0.15) is 17.4 Å². The molecule has 0 radical (unpaired) electrons. The zero-order valence-electron chi connectivity index (χ0n) is 8.64. The van der Waals surface area contributed by atoms with Gasteiger partial charge in [0.15, 0.2) is 10.9 Å². The Labute approximate surface area is 98.1 Å². The summed E-state index contributed by atoms with van der Waals surface area (Å²) in [7, 11) is 0. The predicted octanol–water partition coefficient (Wildman–Crippen LogP) is 3.00. The van der Waals surface area contributed by atoms with Gasteiger partial charge in [-0.05, 0) is 0 Å². The van der Waals surface area contributed by atoms with Crippen LogP contribution in [0.25, 0.3) is 11.3 Å². The average Bonchev–Trinajstić information content (AvgIpc) is 2.30. The number of aromatic nitrogens is 2. The number of carbonyl (C=O) groups excluding carboxylic acids is 1. The molecule has 0 spiro atoms. The summed E-state index contributed by atoms with van der Waals surface area (Å²) in [5, 5.41) is 0.146. The molecular formula is C12H9ClN2O. The van der Waals surface area contributed by atoms with Crippen molar-refractivity contribution in [3.05, 3.63) is 47.4 Å². The number of halogens is 1. The maximum absolute atomic E-state index is 11.3. The van der Waals surface area contributed by atoms with E-state index in [4.69, 9.17) is 11.6 Å². The highest BCUT2D eigenvalue weighted by Gasteiger charge is 2.10. The van der Waals surface area contributed by atoms with E-state index >= 15 is 0 Å². The van der Waals surface area contributed by atoms with Crippen LogP contribution in [-0.2, 0) is 0 Å². The Hall–Kier alpha value is -1.74. The Morgan fingerprint density at radius 1 is 1.25 bits per heavy atom. The number of nitrogens with zero attached hydrogens (tertiary/aromatic N) is 2. The van der Waals surface area contributed by atoms with Crippen LogP contribution in [0.15, 0.2) is 36.5 Å². The second kappa shape index (κ2) is 4.41. The maximum atomic E-state index is 11.3. The molecule has 4 heteroatoms. The lowest BCUT2D eigenvalue weighted by molar-refractivity contribution is 0.101. The summed E-state index contributed by atoms with van der Waals surface area (Å²) in [5.41, 5.74) is 1.77. The van der Waals surface area contributed by atoms with Crippen molar-refractivity contribution in [2.24, 2.45) is 0 Å². The highest BCUT2D eigenvalue weighted by molar-refractivity contribution is 6.32. The molecule has 3 nitrogen and oxygen atoms in total. The van der Waals surface area contributed by atoms with Crippen LogP contribution in [0.2, 0.25) is 5.15 Å². The molecule has 0 atom stereocenters.